The van der Waals surface area contributed by atoms with Gasteiger partial charge in [-0.05, 0) is 51.6 Å². The fourth-order valence-corrected chi connectivity index (χ4v) is 4.38. The number of likely N-dealkylation sites (tertiary alicyclic amines) is 1. The number of amides is 3. The van der Waals surface area contributed by atoms with E-state index in [4.69, 9.17) is 0 Å². The lowest BCUT2D eigenvalue weighted by molar-refractivity contribution is -0.136. The molecule has 1 aliphatic heterocycles. The Balaban J connectivity index is 2.33. The van der Waals surface area contributed by atoms with Crippen LogP contribution in [-0.4, -0.2) is 85.8 Å². The fourth-order valence-electron chi connectivity index (χ4n) is 4.38. The first-order valence-electron chi connectivity index (χ1n) is 12.1. The van der Waals surface area contributed by atoms with E-state index < -0.39 is 0 Å². The molecule has 1 fully saturated rings. The minimum absolute atomic E-state index is 0.0163. The number of carbonyl (C=O) groups is 3. The maximum absolute atomic E-state index is 12.6. The molecular formula is C24H46N4O3. The van der Waals surface area contributed by atoms with Gasteiger partial charge in [0.1, 0.15) is 0 Å². The summed E-state index contributed by atoms with van der Waals surface area (Å²) in [6.45, 7) is 12.9. The lowest BCUT2D eigenvalue weighted by atomic mass is 9.91. The average Bonchev–Trinajstić information content (AvgIpc) is 2.71. The summed E-state index contributed by atoms with van der Waals surface area (Å²) in [4.78, 5) is 43.3. The zero-order chi connectivity index (χ0) is 23.4. The van der Waals surface area contributed by atoms with Crippen LogP contribution in [0.25, 0.3) is 0 Å². The Morgan fingerprint density at radius 3 is 2.10 bits per heavy atom. The van der Waals surface area contributed by atoms with Crippen molar-refractivity contribution in [1.29, 1.82) is 0 Å². The standard InChI is InChI=1S/C24H46N4O3/c1-7-14-27(15-8-2)21(29)10-9-11-22(30)28-16-12-20(13-17-28)23(31)25-18-24(3,4)19-26(5)6/h20H,7-19H2,1-6H3,(H,25,31). The van der Waals surface area contributed by atoms with E-state index in [0.717, 1.165) is 32.5 Å². The Kier molecular flexibility index (Phi) is 12.1. The molecule has 0 unspecified atom stereocenters. The third kappa shape index (κ3) is 10.5. The molecule has 0 aromatic rings. The minimum atomic E-state index is -0.0163. The molecule has 0 aromatic carbocycles. The van der Waals surface area contributed by atoms with Gasteiger partial charge in [-0.1, -0.05) is 27.7 Å². The highest BCUT2D eigenvalue weighted by Crippen LogP contribution is 2.20. The summed E-state index contributed by atoms with van der Waals surface area (Å²) >= 11 is 0. The molecule has 3 amide bonds. The number of nitrogens with zero attached hydrogens (tertiary/aromatic N) is 3. The average molecular weight is 439 g/mol. The summed E-state index contributed by atoms with van der Waals surface area (Å²) in [6.07, 6.45) is 4.79. The van der Waals surface area contributed by atoms with Gasteiger partial charge < -0.3 is 20.0 Å². The van der Waals surface area contributed by atoms with Crippen molar-refractivity contribution >= 4 is 17.7 Å². The lowest BCUT2D eigenvalue weighted by Gasteiger charge is -2.33. The second kappa shape index (κ2) is 13.7. The molecule has 0 aromatic heterocycles. The van der Waals surface area contributed by atoms with E-state index in [1.165, 1.54) is 0 Å². The van der Waals surface area contributed by atoms with E-state index in [1.807, 2.05) is 23.9 Å². The Morgan fingerprint density at radius 1 is 1.00 bits per heavy atom. The van der Waals surface area contributed by atoms with E-state index >= 15 is 0 Å². The second-order valence-electron chi connectivity index (χ2n) is 10.0. The number of rotatable bonds is 13. The van der Waals surface area contributed by atoms with Crippen LogP contribution in [0.1, 0.15) is 72.6 Å². The molecule has 7 nitrogen and oxygen atoms in total. The molecule has 1 N–H and O–H groups in total. The first-order chi connectivity index (χ1) is 14.6. The topological polar surface area (TPSA) is 73.0 Å². The molecule has 0 spiro atoms. The first-order valence-corrected chi connectivity index (χ1v) is 12.1. The highest BCUT2D eigenvalue weighted by molar-refractivity contribution is 5.81. The quantitative estimate of drug-likeness (QED) is 0.480. The van der Waals surface area contributed by atoms with Gasteiger partial charge in [-0.3, -0.25) is 14.4 Å². The Morgan fingerprint density at radius 2 is 1.58 bits per heavy atom. The molecule has 1 saturated heterocycles. The van der Waals surface area contributed by atoms with Crippen molar-refractivity contribution in [2.24, 2.45) is 11.3 Å². The van der Waals surface area contributed by atoms with Gasteiger partial charge in [-0.25, -0.2) is 0 Å². The predicted molar refractivity (Wildman–Crippen MR) is 126 cm³/mol. The van der Waals surface area contributed by atoms with Crippen molar-refractivity contribution in [3.63, 3.8) is 0 Å². The largest absolute Gasteiger partial charge is 0.355 e. The number of hydrogen-bond donors (Lipinski definition) is 1. The summed E-state index contributed by atoms with van der Waals surface area (Å²) in [6, 6.07) is 0. The van der Waals surface area contributed by atoms with Crippen molar-refractivity contribution in [2.45, 2.75) is 72.6 Å². The van der Waals surface area contributed by atoms with E-state index in [-0.39, 0.29) is 29.1 Å². The molecule has 31 heavy (non-hydrogen) atoms. The molecule has 7 heteroatoms. The molecule has 0 radical (unpaired) electrons. The fraction of sp³-hybridized carbons (Fsp3) is 0.875. The summed E-state index contributed by atoms with van der Waals surface area (Å²) in [5, 5.41) is 3.11. The molecular weight excluding hydrogens is 392 g/mol. The van der Waals surface area contributed by atoms with Gasteiger partial charge in [0.2, 0.25) is 17.7 Å². The van der Waals surface area contributed by atoms with Crippen molar-refractivity contribution < 1.29 is 14.4 Å². The summed E-state index contributed by atoms with van der Waals surface area (Å²) in [7, 11) is 4.08. The number of hydrogen-bond acceptors (Lipinski definition) is 4. The van der Waals surface area contributed by atoms with Gasteiger partial charge in [0, 0.05) is 58.0 Å². The zero-order valence-corrected chi connectivity index (χ0v) is 20.8. The van der Waals surface area contributed by atoms with E-state index in [9.17, 15) is 14.4 Å². The molecule has 0 saturated carbocycles. The second-order valence-corrected chi connectivity index (χ2v) is 10.0. The number of carbonyl (C=O) groups excluding carboxylic acids is 3. The molecule has 1 heterocycles. The van der Waals surface area contributed by atoms with Gasteiger partial charge in [-0.15, -0.1) is 0 Å². The smallest absolute Gasteiger partial charge is 0.223 e. The van der Waals surface area contributed by atoms with Crippen LogP contribution in [0.5, 0.6) is 0 Å². The van der Waals surface area contributed by atoms with Gasteiger partial charge in [0.15, 0.2) is 0 Å². The Labute approximate surface area is 189 Å². The van der Waals surface area contributed by atoms with Crippen LogP contribution in [0, 0.1) is 11.3 Å². The van der Waals surface area contributed by atoms with Crippen molar-refractivity contribution in [1.82, 2.24) is 20.0 Å². The van der Waals surface area contributed by atoms with Crippen molar-refractivity contribution in [2.75, 3.05) is 53.4 Å². The van der Waals surface area contributed by atoms with Crippen LogP contribution in [0.2, 0.25) is 0 Å². The normalized spacial score (nSPS) is 15.3. The third-order valence-corrected chi connectivity index (χ3v) is 5.82. The minimum Gasteiger partial charge on any atom is -0.355 e. The SMILES string of the molecule is CCCN(CCC)C(=O)CCCC(=O)N1CCC(C(=O)NCC(C)(C)CN(C)C)CC1. The van der Waals surface area contributed by atoms with Gasteiger partial charge >= 0.3 is 0 Å². The van der Waals surface area contributed by atoms with Crippen LogP contribution in [0.15, 0.2) is 0 Å². The molecule has 0 bridgehead atoms. The van der Waals surface area contributed by atoms with Crippen LogP contribution in [0.3, 0.4) is 0 Å². The van der Waals surface area contributed by atoms with Crippen molar-refractivity contribution in [3.05, 3.63) is 0 Å². The highest BCUT2D eigenvalue weighted by Gasteiger charge is 2.28. The van der Waals surface area contributed by atoms with E-state index in [0.29, 0.717) is 51.7 Å². The molecule has 1 aliphatic rings. The van der Waals surface area contributed by atoms with E-state index in [2.05, 4.69) is 37.9 Å². The maximum atomic E-state index is 12.6. The molecule has 0 atom stereocenters. The zero-order valence-electron chi connectivity index (χ0n) is 20.8. The lowest BCUT2D eigenvalue weighted by Crippen LogP contribution is -2.46. The Hall–Kier alpha value is -1.63. The number of nitrogens with one attached hydrogen (secondary N) is 1. The molecule has 180 valence electrons. The van der Waals surface area contributed by atoms with Crippen LogP contribution in [-0.2, 0) is 14.4 Å². The van der Waals surface area contributed by atoms with Gasteiger partial charge in [-0.2, -0.15) is 0 Å². The third-order valence-electron chi connectivity index (χ3n) is 5.82. The number of piperidine rings is 1. The van der Waals surface area contributed by atoms with Crippen LogP contribution >= 0.6 is 0 Å². The van der Waals surface area contributed by atoms with Gasteiger partial charge in [0.05, 0.1) is 0 Å². The summed E-state index contributed by atoms with van der Waals surface area (Å²) < 4.78 is 0. The maximum Gasteiger partial charge on any atom is 0.223 e. The van der Waals surface area contributed by atoms with Crippen LogP contribution < -0.4 is 5.32 Å². The summed E-state index contributed by atoms with van der Waals surface area (Å²) in [5.41, 5.74) is 0.0249. The summed E-state index contributed by atoms with van der Waals surface area (Å²) in [5.74, 6) is 0.356. The van der Waals surface area contributed by atoms with Crippen molar-refractivity contribution in [3.8, 4) is 0 Å². The van der Waals surface area contributed by atoms with Crippen LogP contribution in [0.4, 0.5) is 0 Å². The first kappa shape index (κ1) is 27.4. The monoisotopic (exact) mass is 438 g/mol. The van der Waals surface area contributed by atoms with Gasteiger partial charge in [0.25, 0.3) is 0 Å². The highest BCUT2D eigenvalue weighted by atomic mass is 16.2. The predicted octanol–water partition coefficient (Wildman–Crippen LogP) is 2.75. The molecule has 0 aliphatic carbocycles. The van der Waals surface area contributed by atoms with E-state index in [1.54, 1.807) is 0 Å². The Bertz CT molecular complexity index is 563. The molecule has 1 rings (SSSR count).